The number of rotatable bonds is 7. The van der Waals surface area contributed by atoms with Crippen LogP contribution in [-0.2, 0) is 13.5 Å². The van der Waals surface area contributed by atoms with Crippen LogP contribution in [0.3, 0.4) is 0 Å². The van der Waals surface area contributed by atoms with Crippen LogP contribution in [0.2, 0.25) is 0 Å². The minimum absolute atomic E-state index is 0.121. The van der Waals surface area contributed by atoms with Gasteiger partial charge in [-0.1, -0.05) is 13.8 Å². The maximum Gasteiger partial charge on any atom is 0.0596 e. The molecular formula is C15H30N4. The van der Waals surface area contributed by atoms with Gasteiger partial charge in [0.15, 0.2) is 0 Å². The van der Waals surface area contributed by atoms with Gasteiger partial charge in [-0.15, -0.1) is 0 Å². The number of nitrogens with one attached hydrogen (secondary N) is 1. The summed E-state index contributed by atoms with van der Waals surface area (Å²) in [5, 5.41) is 7.93. The zero-order valence-corrected chi connectivity index (χ0v) is 13.6. The van der Waals surface area contributed by atoms with E-state index in [1.54, 1.807) is 0 Å². The lowest BCUT2D eigenvalue weighted by molar-refractivity contribution is 0.0936. The Morgan fingerprint density at radius 2 is 1.95 bits per heavy atom. The minimum atomic E-state index is 0.121. The van der Waals surface area contributed by atoms with Crippen LogP contribution in [0.5, 0.6) is 0 Å². The van der Waals surface area contributed by atoms with E-state index in [1.807, 2.05) is 18.7 Å². The lowest BCUT2D eigenvalue weighted by Crippen LogP contribution is -2.57. The predicted molar refractivity (Wildman–Crippen MR) is 81.5 cm³/mol. The molecule has 1 unspecified atom stereocenters. The fourth-order valence-corrected chi connectivity index (χ4v) is 3.03. The van der Waals surface area contributed by atoms with E-state index in [0.29, 0.717) is 6.04 Å². The average molecular weight is 266 g/mol. The standard InChI is InChI=1S/C15H30N4/c1-8-19(9-2)15(4,5)14(16-6)11-13-10-12(3)17-18(13)7/h10,14,16H,8-9,11H2,1-7H3. The van der Waals surface area contributed by atoms with E-state index in [2.05, 4.69) is 56.1 Å². The van der Waals surface area contributed by atoms with Crippen LogP contribution in [0.25, 0.3) is 0 Å². The molecule has 4 nitrogen and oxygen atoms in total. The Kier molecular flexibility index (Phi) is 5.56. The Labute approximate surface area is 118 Å². The molecule has 0 saturated carbocycles. The molecule has 0 aliphatic heterocycles. The van der Waals surface area contributed by atoms with Gasteiger partial charge in [0.2, 0.25) is 0 Å². The van der Waals surface area contributed by atoms with Crippen molar-refractivity contribution in [2.45, 2.75) is 52.6 Å². The van der Waals surface area contributed by atoms with Crippen molar-refractivity contribution < 1.29 is 0 Å². The van der Waals surface area contributed by atoms with Crippen LogP contribution < -0.4 is 5.32 Å². The highest BCUT2D eigenvalue weighted by molar-refractivity contribution is 5.12. The molecule has 19 heavy (non-hydrogen) atoms. The maximum atomic E-state index is 4.44. The Hall–Kier alpha value is -0.870. The Bertz CT molecular complexity index is 391. The second-order valence-corrected chi connectivity index (χ2v) is 5.77. The summed E-state index contributed by atoms with van der Waals surface area (Å²) in [6.45, 7) is 13.3. The Morgan fingerprint density at radius 3 is 2.32 bits per heavy atom. The molecule has 0 radical (unpaired) electrons. The Balaban J connectivity index is 2.91. The highest BCUT2D eigenvalue weighted by atomic mass is 15.3. The third-order valence-corrected chi connectivity index (χ3v) is 4.29. The first-order chi connectivity index (χ1) is 8.86. The molecule has 0 aliphatic carbocycles. The molecular weight excluding hydrogens is 236 g/mol. The quantitative estimate of drug-likeness (QED) is 0.819. The zero-order chi connectivity index (χ0) is 14.6. The molecule has 4 heteroatoms. The summed E-state index contributed by atoms with van der Waals surface area (Å²) in [5.74, 6) is 0. The summed E-state index contributed by atoms with van der Waals surface area (Å²) in [7, 11) is 4.08. The molecule has 1 atom stereocenters. The normalized spacial score (nSPS) is 14.1. The van der Waals surface area contributed by atoms with Gasteiger partial charge in [-0.2, -0.15) is 5.10 Å². The SMILES string of the molecule is CCN(CC)C(C)(C)C(Cc1cc(C)nn1C)NC. The van der Waals surface area contributed by atoms with Gasteiger partial charge >= 0.3 is 0 Å². The van der Waals surface area contributed by atoms with Gasteiger partial charge in [-0.3, -0.25) is 9.58 Å². The number of aryl methyl sites for hydroxylation is 2. The fourth-order valence-electron chi connectivity index (χ4n) is 3.03. The van der Waals surface area contributed by atoms with Crippen molar-refractivity contribution in [1.29, 1.82) is 0 Å². The number of hydrogen-bond donors (Lipinski definition) is 1. The van der Waals surface area contributed by atoms with Crippen LogP contribution in [0.15, 0.2) is 6.07 Å². The topological polar surface area (TPSA) is 33.1 Å². The summed E-state index contributed by atoms with van der Waals surface area (Å²) in [6, 6.07) is 2.59. The van der Waals surface area contributed by atoms with Crippen molar-refractivity contribution in [3.63, 3.8) is 0 Å². The molecule has 1 rings (SSSR count). The molecule has 1 aromatic heterocycles. The summed E-state index contributed by atoms with van der Waals surface area (Å²) in [5.41, 5.74) is 2.50. The fraction of sp³-hybridized carbons (Fsp3) is 0.800. The second-order valence-electron chi connectivity index (χ2n) is 5.77. The molecule has 0 amide bonds. The van der Waals surface area contributed by atoms with Gasteiger partial charge < -0.3 is 5.32 Å². The molecule has 0 aliphatic rings. The summed E-state index contributed by atoms with van der Waals surface area (Å²) in [6.07, 6.45) is 0.997. The van der Waals surface area contributed by atoms with Crippen LogP contribution in [0.4, 0.5) is 0 Å². The van der Waals surface area contributed by atoms with Gasteiger partial charge in [-0.05, 0) is 47.0 Å². The molecule has 110 valence electrons. The van der Waals surface area contributed by atoms with Crippen LogP contribution >= 0.6 is 0 Å². The summed E-state index contributed by atoms with van der Waals surface area (Å²) in [4.78, 5) is 2.51. The van der Waals surface area contributed by atoms with Gasteiger partial charge in [-0.25, -0.2) is 0 Å². The van der Waals surface area contributed by atoms with E-state index in [0.717, 1.165) is 25.2 Å². The maximum absolute atomic E-state index is 4.44. The van der Waals surface area contributed by atoms with Crippen LogP contribution in [0.1, 0.15) is 39.1 Å². The van der Waals surface area contributed by atoms with Crippen molar-refractivity contribution in [2.24, 2.45) is 7.05 Å². The highest BCUT2D eigenvalue weighted by Gasteiger charge is 2.33. The van der Waals surface area contributed by atoms with E-state index in [-0.39, 0.29) is 5.54 Å². The smallest absolute Gasteiger partial charge is 0.0596 e. The molecule has 0 saturated heterocycles. The predicted octanol–water partition coefficient (Wildman–Crippen LogP) is 1.98. The van der Waals surface area contributed by atoms with E-state index in [9.17, 15) is 0 Å². The molecule has 1 aromatic rings. The zero-order valence-electron chi connectivity index (χ0n) is 13.6. The second kappa shape index (κ2) is 6.53. The van der Waals surface area contributed by atoms with Gasteiger partial charge in [0.1, 0.15) is 0 Å². The van der Waals surface area contributed by atoms with Crippen molar-refractivity contribution in [3.05, 3.63) is 17.5 Å². The van der Waals surface area contributed by atoms with Gasteiger partial charge in [0, 0.05) is 30.7 Å². The number of aromatic nitrogens is 2. The largest absolute Gasteiger partial charge is 0.315 e. The van der Waals surface area contributed by atoms with Gasteiger partial charge in [0.25, 0.3) is 0 Å². The summed E-state index contributed by atoms with van der Waals surface area (Å²) < 4.78 is 2.00. The molecule has 0 fully saturated rings. The van der Waals surface area contributed by atoms with Crippen LogP contribution in [-0.4, -0.2) is 46.4 Å². The minimum Gasteiger partial charge on any atom is -0.315 e. The van der Waals surface area contributed by atoms with E-state index >= 15 is 0 Å². The van der Waals surface area contributed by atoms with Crippen molar-refractivity contribution >= 4 is 0 Å². The van der Waals surface area contributed by atoms with E-state index < -0.39 is 0 Å². The molecule has 0 spiro atoms. The van der Waals surface area contributed by atoms with Crippen molar-refractivity contribution in [2.75, 3.05) is 20.1 Å². The average Bonchev–Trinajstić information content (AvgIpc) is 2.65. The first-order valence-corrected chi connectivity index (χ1v) is 7.28. The van der Waals surface area contributed by atoms with Gasteiger partial charge in [0.05, 0.1) is 5.69 Å². The number of likely N-dealkylation sites (N-methyl/N-ethyl adjacent to an activating group) is 2. The number of nitrogens with zero attached hydrogens (tertiary/aromatic N) is 3. The first-order valence-electron chi connectivity index (χ1n) is 7.28. The highest BCUT2D eigenvalue weighted by Crippen LogP contribution is 2.22. The van der Waals surface area contributed by atoms with Crippen molar-refractivity contribution in [3.8, 4) is 0 Å². The van der Waals surface area contributed by atoms with Crippen molar-refractivity contribution in [1.82, 2.24) is 20.0 Å². The number of hydrogen-bond acceptors (Lipinski definition) is 3. The third kappa shape index (κ3) is 3.57. The third-order valence-electron chi connectivity index (χ3n) is 4.29. The Morgan fingerprint density at radius 1 is 1.37 bits per heavy atom. The molecule has 0 aromatic carbocycles. The molecule has 0 bridgehead atoms. The summed E-state index contributed by atoms with van der Waals surface area (Å²) >= 11 is 0. The lowest BCUT2D eigenvalue weighted by Gasteiger charge is -2.43. The molecule has 1 N–H and O–H groups in total. The monoisotopic (exact) mass is 266 g/mol. The lowest BCUT2D eigenvalue weighted by atomic mass is 9.88. The first kappa shape index (κ1) is 16.2. The van der Waals surface area contributed by atoms with E-state index in [4.69, 9.17) is 0 Å². The molecule has 1 heterocycles. The van der Waals surface area contributed by atoms with E-state index in [1.165, 1.54) is 5.69 Å². The van der Waals surface area contributed by atoms with Crippen LogP contribution in [0, 0.1) is 6.92 Å².